The number of thioether (sulfide) groups is 1. The maximum Gasteiger partial charge on any atom is 0.329 e. The van der Waals surface area contributed by atoms with Gasteiger partial charge in [0.15, 0.2) is 6.61 Å². The molecule has 0 aliphatic carbocycles. The monoisotopic (exact) mass is 395 g/mol. The van der Waals surface area contributed by atoms with Gasteiger partial charge in [0.2, 0.25) is 5.91 Å². The smallest absolute Gasteiger partial charge is 0.329 e. The van der Waals surface area contributed by atoms with Gasteiger partial charge in [-0.15, -0.1) is 0 Å². The van der Waals surface area contributed by atoms with Gasteiger partial charge < -0.3 is 15.2 Å². The first-order valence-electron chi connectivity index (χ1n) is 8.16. The van der Waals surface area contributed by atoms with Gasteiger partial charge in [-0.3, -0.25) is 24.6 Å². The van der Waals surface area contributed by atoms with Crippen molar-refractivity contribution in [2.45, 2.75) is 18.4 Å². The Kier molecular flexibility index (Phi) is 5.22. The van der Waals surface area contributed by atoms with Crippen molar-refractivity contribution in [3.63, 3.8) is 0 Å². The van der Waals surface area contributed by atoms with Crippen molar-refractivity contribution in [3.8, 4) is 5.75 Å². The third-order valence-electron chi connectivity index (χ3n) is 4.53. The van der Waals surface area contributed by atoms with Crippen LogP contribution in [0.4, 0.5) is 11.4 Å². The number of ether oxygens (including phenoxy) is 1. The number of nitrogens with zero attached hydrogens (tertiary/aromatic N) is 2. The van der Waals surface area contributed by atoms with Gasteiger partial charge in [-0.25, -0.2) is 4.79 Å². The molecular formula is C16H17N3O7S. The van der Waals surface area contributed by atoms with Gasteiger partial charge in [0.1, 0.15) is 17.8 Å². The summed E-state index contributed by atoms with van der Waals surface area (Å²) in [6.45, 7) is -0.753. The topological polar surface area (TPSA) is 139 Å². The highest BCUT2D eigenvalue weighted by Crippen LogP contribution is 2.35. The number of fused-ring (bicyclic) bond motifs is 1. The van der Waals surface area contributed by atoms with Gasteiger partial charge in [0.05, 0.1) is 10.6 Å². The molecule has 0 aromatic heterocycles. The molecule has 0 radical (unpaired) electrons. The zero-order valence-corrected chi connectivity index (χ0v) is 15.0. The van der Waals surface area contributed by atoms with Crippen LogP contribution in [0.5, 0.6) is 5.75 Å². The summed E-state index contributed by atoms with van der Waals surface area (Å²) in [7, 11) is 0. The molecule has 10 nitrogen and oxygen atoms in total. The summed E-state index contributed by atoms with van der Waals surface area (Å²) >= 11 is 1.61. The van der Waals surface area contributed by atoms with Crippen LogP contribution in [0.25, 0.3) is 0 Å². The molecule has 0 bridgehead atoms. The quantitative estimate of drug-likeness (QED) is 0.551. The molecule has 3 rings (SSSR count). The van der Waals surface area contributed by atoms with Gasteiger partial charge in [0.25, 0.3) is 11.6 Å². The SMILES string of the molecule is O=C(CN1C(=O)COc2ccc([N+](=O)[O-])cc21)NC1(C(=O)O)CCSCC1. The Balaban J connectivity index is 1.81. The van der Waals surface area contributed by atoms with Gasteiger partial charge in [-0.1, -0.05) is 0 Å². The van der Waals surface area contributed by atoms with E-state index in [2.05, 4.69) is 5.32 Å². The van der Waals surface area contributed by atoms with Crippen molar-refractivity contribution < 1.29 is 29.2 Å². The third kappa shape index (κ3) is 3.82. The molecule has 11 heteroatoms. The molecule has 0 saturated carbocycles. The van der Waals surface area contributed by atoms with E-state index in [0.717, 1.165) is 11.0 Å². The van der Waals surface area contributed by atoms with E-state index in [-0.39, 0.29) is 36.6 Å². The predicted molar refractivity (Wildman–Crippen MR) is 96.0 cm³/mol. The number of carboxylic acid groups (broad SMARTS) is 1. The second-order valence-electron chi connectivity index (χ2n) is 6.23. The lowest BCUT2D eigenvalue weighted by Gasteiger charge is -2.35. The average Bonchev–Trinajstić information content (AvgIpc) is 2.64. The van der Waals surface area contributed by atoms with Gasteiger partial charge >= 0.3 is 5.97 Å². The molecule has 0 spiro atoms. The first-order valence-corrected chi connectivity index (χ1v) is 9.32. The second-order valence-corrected chi connectivity index (χ2v) is 7.45. The largest absolute Gasteiger partial charge is 0.482 e. The minimum atomic E-state index is -1.36. The number of carbonyl (C=O) groups excluding carboxylic acids is 2. The number of nitro groups is 1. The standard InChI is InChI=1S/C16H17N3O7S/c20-13(17-16(15(22)23)3-5-27-6-4-16)8-18-11-7-10(19(24)25)1-2-12(11)26-9-14(18)21/h1-2,7H,3-6,8-9H2,(H,17,20)(H,22,23). The van der Waals surface area contributed by atoms with Gasteiger partial charge in [-0.05, 0) is 30.4 Å². The lowest BCUT2D eigenvalue weighted by Crippen LogP contribution is -2.59. The highest BCUT2D eigenvalue weighted by atomic mass is 32.2. The van der Waals surface area contributed by atoms with Crippen molar-refractivity contribution in [3.05, 3.63) is 28.3 Å². The Morgan fingerprint density at radius 1 is 1.37 bits per heavy atom. The fourth-order valence-electron chi connectivity index (χ4n) is 3.04. The van der Waals surface area contributed by atoms with Crippen LogP contribution in [-0.4, -0.2) is 58.0 Å². The fourth-order valence-corrected chi connectivity index (χ4v) is 4.23. The lowest BCUT2D eigenvalue weighted by molar-refractivity contribution is -0.384. The minimum Gasteiger partial charge on any atom is -0.482 e. The summed E-state index contributed by atoms with van der Waals surface area (Å²) in [5, 5.41) is 23.1. The highest BCUT2D eigenvalue weighted by molar-refractivity contribution is 7.99. The van der Waals surface area contributed by atoms with Crippen LogP contribution in [-0.2, 0) is 14.4 Å². The van der Waals surface area contributed by atoms with Crippen LogP contribution in [0.1, 0.15) is 12.8 Å². The number of non-ortho nitro benzene ring substituents is 1. The lowest BCUT2D eigenvalue weighted by atomic mass is 9.92. The van der Waals surface area contributed by atoms with Crippen molar-refractivity contribution in [1.29, 1.82) is 0 Å². The van der Waals surface area contributed by atoms with E-state index in [1.807, 2.05) is 0 Å². The van der Waals surface area contributed by atoms with E-state index in [1.165, 1.54) is 12.1 Å². The average molecular weight is 395 g/mol. The zero-order valence-electron chi connectivity index (χ0n) is 14.2. The molecule has 0 unspecified atom stereocenters. The molecule has 1 aromatic carbocycles. The maximum atomic E-state index is 12.5. The maximum absolute atomic E-state index is 12.5. The normalized spacial score (nSPS) is 18.2. The summed E-state index contributed by atoms with van der Waals surface area (Å²) in [5.74, 6) is -0.829. The van der Waals surface area contributed by atoms with Crippen molar-refractivity contribution in [2.24, 2.45) is 0 Å². The number of rotatable bonds is 5. The minimum absolute atomic E-state index is 0.110. The molecule has 2 aliphatic rings. The highest BCUT2D eigenvalue weighted by Gasteiger charge is 2.42. The molecule has 1 aromatic rings. The molecular weight excluding hydrogens is 378 g/mol. The number of carbonyl (C=O) groups is 3. The summed E-state index contributed by atoms with van der Waals surface area (Å²) in [6.07, 6.45) is 0.579. The molecule has 1 fully saturated rings. The number of aliphatic carboxylic acids is 1. The van der Waals surface area contributed by atoms with Gasteiger partial charge in [0, 0.05) is 12.1 Å². The molecule has 2 amide bonds. The van der Waals surface area contributed by atoms with Crippen LogP contribution in [0.2, 0.25) is 0 Å². The number of carboxylic acids is 1. The summed E-state index contributed by atoms with van der Waals surface area (Å²) in [4.78, 5) is 47.9. The van der Waals surface area contributed by atoms with Crippen molar-refractivity contribution in [2.75, 3.05) is 29.6 Å². The van der Waals surface area contributed by atoms with E-state index in [4.69, 9.17) is 4.74 Å². The van der Waals surface area contributed by atoms with Crippen molar-refractivity contribution in [1.82, 2.24) is 5.32 Å². The van der Waals surface area contributed by atoms with E-state index >= 15 is 0 Å². The number of benzene rings is 1. The predicted octanol–water partition coefficient (Wildman–Crippen LogP) is 0.787. The molecule has 27 heavy (non-hydrogen) atoms. The number of nitro benzene ring substituents is 1. The molecule has 144 valence electrons. The Hall–Kier alpha value is -2.82. The molecule has 1 saturated heterocycles. The van der Waals surface area contributed by atoms with Crippen LogP contribution in [0.3, 0.4) is 0 Å². The summed E-state index contributed by atoms with van der Waals surface area (Å²) in [5.41, 5.74) is -1.49. The summed E-state index contributed by atoms with van der Waals surface area (Å²) < 4.78 is 5.25. The number of anilines is 1. The third-order valence-corrected chi connectivity index (χ3v) is 5.52. The van der Waals surface area contributed by atoms with E-state index in [9.17, 15) is 29.6 Å². The van der Waals surface area contributed by atoms with Crippen LogP contribution >= 0.6 is 11.8 Å². The van der Waals surface area contributed by atoms with Crippen LogP contribution in [0.15, 0.2) is 18.2 Å². The second kappa shape index (κ2) is 7.43. The fraction of sp³-hybridized carbons (Fsp3) is 0.438. The van der Waals surface area contributed by atoms with Crippen LogP contribution in [0, 0.1) is 10.1 Å². The Morgan fingerprint density at radius 2 is 2.07 bits per heavy atom. The van der Waals surface area contributed by atoms with E-state index < -0.39 is 34.8 Å². The van der Waals surface area contributed by atoms with Crippen LogP contribution < -0.4 is 15.0 Å². The van der Waals surface area contributed by atoms with Gasteiger partial charge in [-0.2, -0.15) is 11.8 Å². The van der Waals surface area contributed by atoms with E-state index in [0.29, 0.717) is 11.5 Å². The molecule has 2 aliphatic heterocycles. The Bertz CT molecular complexity index is 807. The first kappa shape index (κ1) is 19.0. The number of hydrogen-bond donors (Lipinski definition) is 2. The van der Waals surface area contributed by atoms with E-state index in [1.54, 1.807) is 11.8 Å². The van der Waals surface area contributed by atoms with Crippen molar-refractivity contribution >= 4 is 40.9 Å². The molecule has 2 N–H and O–H groups in total. The Morgan fingerprint density at radius 3 is 2.70 bits per heavy atom. The Labute approximate surface area is 158 Å². The molecule has 0 atom stereocenters. The molecule has 2 heterocycles. The summed E-state index contributed by atoms with van der Waals surface area (Å²) in [6, 6.07) is 3.76. The number of hydrogen-bond acceptors (Lipinski definition) is 7. The number of nitrogens with one attached hydrogen (secondary N) is 1. The zero-order chi connectivity index (χ0) is 19.6. The number of amides is 2. The first-order chi connectivity index (χ1) is 12.8.